The zero-order valence-corrected chi connectivity index (χ0v) is 10.6. The van der Waals surface area contributed by atoms with Crippen LogP contribution in [0.2, 0.25) is 0 Å². The van der Waals surface area contributed by atoms with Crippen molar-refractivity contribution in [1.82, 2.24) is 15.1 Å². The summed E-state index contributed by atoms with van der Waals surface area (Å²) in [6, 6.07) is 0.302. The molecular formula is C12H23N3O. The molecule has 1 amide bonds. The second-order valence-corrected chi connectivity index (χ2v) is 4.74. The molecule has 0 aromatic carbocycles. The Hall–Kier alpha value is -0.870. The third-order valence-electron chi connectivity index (χ3n) is 2.82. The summed E-state index contributed by atoms with van der Waals surface area (Å²) in [7, 11) is 3.98. The molecule has 0 radical (unpaired) electrons. The van der Waals surface area contributed by atoms with E-state index in [1.807, 2.05) is 23.9 Å². The molecule has 0 aromatic heterocycles. The lowest BCUT2D eigenvalue weighted by Crippen LogP contribution is -2.50. The quantitative estimate of drug-likeness (QED) is 0.700. The van der Waals surface area contributed by atoms with Crippen LogP contribution in [0.1, 0.15) is 13.3 Å². The van der Waals surface area contributed by atoms with E-state index in [1.165, 1.54) is 0 Å². The Morgan fingerprint density at radius 3 is 2.88 bits per heavy atom. The highest BCUT2D eigenvalue weighted by molar-refractivity contribution is 5.82. The van der Waals surface area contributed by atoms with Crippen LogP contribution in [0.25, 0.3) is 0 Å². The fourth-order valence-electron chi connectivity index (χ4n) is 2.01. The van der Waals surface area contributed by atoms with E-state index >= 15 is 0 Å². The first-order valence-electron chi connectivity index (χ1n) is 5.85. The maximum atomic E-state index is 12.2. The second kappa shape index (κ2) is 6.01. The van der Waals surface area contributed by atoms with Crippen molar-refractivity contribution in [1.29, 1.82) is 0 Å². The fourth-order valence-corrected chi connectivity index (χ4v) is 2.01. The predicted octanol–water partition coefficient (Wildman–Crippen LogP) is 0.313. The van der Waals surface area contributed by atoms with Crippen molar-refractivity contribution in [3.63, 3.8) is 0 Å². The van der Waals surface area contributed by atoms with Crippen molar-refractivity contribution < 1.29 is 4.79 Å². The third-order valence-corrected chi connectivity index (χ3v) is 2.82. The molecule has 92 valence electrons. The molecule has 4 heteroatoms. The van der Waals surface area contributed by atoms with Gasteiger partial charge in [-0.05, 0) is 27.4 Å². The van der Waals surface area contributed by atoms with Gasteiger partial charge in [0.15, 0.2) is 0 Å². The van der Waals surface area contributed by atoms with Crippen molar-refractivity contribution in [2.24, 2.45) is 0 Å². The number of nitrogens with zero attached hydrogens (tertiary/aromatic N) is 2. The summed E-state index contributed by atoms with van der Waals surface area (Å²) < 4.78 is 0. The van der Waals surface area contributed by atoms with Crippen LogP contribution in [0, 0.1) is 0 Å². The number of nitrogens with one attached hydrogen (secondary N) is 1. The number of carbonyl (C=O) groups excluding carboxylic acids is 1. The van der Waals surface area contributed by atoms with E-state index in [9.17, 15) is 4.79 Å². The Morgan fingerprint density at radius 2 is 2.31 bits per heavy atom. The molecule has 1 N–H and O–H groups in total. The Labute approximate surface area is 98.3 Å². The number of amides is 1. The van der Waals surface area contributed by atoms with Gasteiger partial charge in [0.05, 0.1) is 6.04 Å². The zero-order valence-electron chi connectivity index (χ0n) is 10.6. The van der Waals surface area contributed by atoms with E-state index in [2.05, 4.69) is 18.8 Å². The summed E-state index contributed by atoms with van der Waals surface area (Å²) >= 11 is 0. The molecule has 1 fully saturated rings. The van der Waals surface area contributed by atoms with Crippen LogP contribution in [0.4, 0.5) is 0 Å². The molecule has 0 aliphatic carbocycles. The van der Waals surface area contributed by atoms with E-state index in [4.69, 9.17) is 0 Å². The highest BCUT2D eigenvalue weighted by atomic mass is 16.2. The first-order chi connectivity index (χ1) is 7.54. The summed E-state index contributed by atoms with van der Waals surface area (Å²) in [5, 5.41) is 3.38. The minimum absolute atomic E-state index is 0.0903. The van der Waals surface area contributed by atoms with Crippen molar-refractivity contribution in [2.75, 3.05) is 33.7 Å². The second-order valence-electron chi connectivity index (χ2n) is 4.74. The van der Waals surface area contributed by atoms with Gasteiger partial charge in [-0.2, -0.15) is 0 Å². The highest BCUT2D eigenvalue weighted by Gasteiger charge is 2.28. The van der Waals surface area contributed by atoms with Crippen molar-refractivity contribution in [2.45, 2.75) is 25.4 Å². The molecule has 2 atom stereocenters. The molecule has 1 aliphatic rings. The van der Waals surface area contributed by atoms with Gasteiger partial charge in [0.25, 0.3) is 0 Å². The molecule has 1 heterocycles. The number of rotatable bonds is 4. The summed E-state index contributed by atoms with van der Waals surface area (Å²) in [5.41, 5.74) is 0. The van der Waals surface area contributed by atoms with E-state index in [-0.39, 0.29) is 11.9 Å². The van der Waals surface area contributed by atoms with Gasteiger partial charge in [-0.1, -0.05) is 6.08 Å². The average molecular weight is 225 g/mol. The van der Waals surface area contributed by atoms with Crippen molar-refractivity contribution >= 4 is 5.91 Å². The van der Waals surface area contributed by atoms with Crippen molar-refractivity contribution in [3.05, 3.63) is 12.7 Å². The maximum Gasteiger partial charge on any atom is 0.241 e. The minimum Gasteiger partial charge on any atom is -0.338 e. The van der Waals surface area contributed by atoms with Gasteiger partial charge in [-0.25, -0.2) is 0 Å². The molecule has 2 unspecified atom stereocenters. The topological polar surface area (TPSA) is 35.6 Å². The van der Waals surface area contributed by atoms with Crippen molar-refractivity contribution in [3.8, 4) is 0 Å². The van der Waals surface area contributed by atoms with Gasteiger partial charge in [0.1, 0.15) is 0 Å². The van der Waals surface area contributed by atoms with Gasteiger partial charge >= 0.3 is 0 Å². The Bertz CT molecular complexity index is 253. The minimum atomic E-state index is -0.0903. The Kier molecular flexibility index (Phi) is 4.96. The van der Waals surface area contributed by atoms with Gasteiger partial charge < -0.3 is 15.1 Å². The largest absolute Gasteiger partial charge is 0.338 e. The fraction of sp³-hybridized carbons (Fsp3) is 0.750. The number of hydrogen-bond acceptors (Lipinski definition) is 3. The Morgan fingerprint density at radius 1 is 1.62 bits per heavy atom. The van der Waals surface area contributed by atoms with Crippen LogP contribution < -0.4 is 5.32 Å². The molecule has 1 saturated heterocycles. The SMILES string of the molecule is C=CCN1CCC(C)NC(CN(C)C)C1=O. The summed E-state index contributed by atoms with van der Waals surface area (Å²) in [5.74, 6) is 0.193. The molecule has 1 aliphatic heterocycles. The normalized spacial score (nSPS) is 27.0. The smallest absolute Gasteiger partial charge is 0.241 e. The van der Waals surface area contributed by atoms with Crippen LogP contribution in [0.3, 0.4) is 0 Å². The molecule has 0 bridgehead atoms. The van der Waals surface area contributed by atoms with Gasteiger partial charge in [-0.3, -0.25) is 4.79 Å². The Balaban J connectivity index is 2.71. The number of likely N-dealkylation sites (N-methyl/N-ethyl adjacent to an activating group) is 1. The molecular weight excluding hydrogens is 202 g/mol. The predicted molar refractivity (Wildman–Crippen MR) is 66.3 cm³/mol. The lowest BCUT2D eigenvalue weighted by molar-refractivity contribution is -0.132. The van der Waals surface area contributed by atoms with E-state index in [0.717, 1.165) is 19.5 Å². The van der Waals surface area contributed by atoms with Crippen LogP contribution in [0.15, 0.2) is 12.7 Å². The van der Waals surface area contributed by atoms with Gasteiger partial charge in [-0.15, -0.1) is 6.58 Å². The van der Waals surface area contributed by atoms with E-state index in [0.29, 0.717) is 12.6 Å². The molecule has 0 saturated carbocycles. The van der Waals surface area contributed by atoms with Crippen LogP contribution in [0.5, 0.6) is 0 Å². The summed E-state index contributed by atoms with van der Waals surface area (Å²) in [4.78, 5) is 16.1. The monoisotopic (exact) mass is 225 g/mol. The molecule has 1 rings (SSSR count). The molecule has 0 spiro atoms. The average Bonchev–Trinajstić information content (AvgIpc) is 2.31. The lowest BCUT2D eigenvalue weighted by atomic mass is 10.2. The van der Waals surface area contributed by atoms with Crippen LogP contribution in [-0.4, -0.2) is 61.5 Å². The number of carbonyl (C=O) groups is 1. The number of hydrogen-bond donors (Lipinski definition) is 1. The third kappa shape index (κ3) is 3.61. The zero-order chi connectivity index (χ0) is 12.1. The maximum absolute atomic E-state index is 12.2. The van der Waals surface area contributed by atoms with E-state index in [1.54, 1.807) is 6.08 Å². The first kappa shape index (κ1) is 13.2. The lowest BCUT2D eigenvalue weighted by Gasteiger charge is -2.25. The first-order valence-corrected chi connectivity index (χ1v) is 5.85. The van der Waals surface area contributed by atoms with Crippen LogP contribution >= 0.6 is 0 Å². The summed E-state index contributed by atoms with van der Waals surface area (Å²) in [6.07, 6.45) is 2.80. The molecule has 4 nitrogen and oxygen atoms in total. The summed E-state index contributed by atoms with van der Waals surface area (Å²) in [6.45, 7) is 8.05. The van der Waals surface area contributed by atoms with Crippen LogP contribution in [-0.2, 0) is 4.79 Å². The standard InChI is InChI=1S/C12H23N3O/c1-5-7-15-8-6-10(2)13-11(12(15)16)9-14(3)4/h5,10-11,13H,1,6-9H2,2-4H3. The van der Waals surface area contributed by atoms with Gasteiger partial charge in [0.2, 0.25) is 5.91 Å². The van der Waals surface area contributed by atoms with E-state index < -0.39 is 0 Å². The van der Waals surface area contributed by atoms with Gasteiger partial charge in [0, 0.05) is 25.7 Å². The highest BCUT2D eigenvalue weighted by Crippen LogP contribution is 2.07. The molecule has 0 aromatic rings. The molecule has 16 heavy (non-hydrogen) atoms.